The SMILES string of the molecule is CCCCCCCCCCCCCCC(=O)C(C)C(=O)O. The maximum absolute atomic E-state index is 11.5. The van der Waals surface area contributed by atoms with Gasteiger partial charge in [0.05, 0.1) is 0 Å². The molecule has 3 heteroatoms. The molecule has 0 aromatic heterocycles. The second-order valence-electron chi connectivity index (χ2n) is 6.17. The second-order valence-corrected chi connectivity index (χ2v) is 6.17. The van der Waals surface area contributed by atoms with Crippen LogP contribution in [0.25, 0.3) is 0 Å². The fourth-order valence-electron chi connectivity index (χ4n) is 2.49. The van der Waals surface area contributed by atoms with E-state index in [4.69, 9.17) is 5.11 Å². The van der Waals surface area contributed by atoms with Crippen LogP contribution in [-0.4, -0.2) is 16.9 Å². The normalized spacial score (nSPS) is 12.3. The van der Waals surface area contributed by atoms with Gasteiger partial charge in [-0.25, -0.2) is 0 Å². The Morgan fingerprint density at radius 3 is 1.52 bits per heavy atom. The van der Waals surface area contributed by atoms with Crippen LogP contribution < -0.4 is 0 Å². The number of ketones is 1. The summed E-state index contributed by atoms with van der Waals surface area (Å²) >= 11 is 0. The molecule has 0 spiro atoms. The molecule has 0 bridgehead atoms. The van der Waals surface area contributed by atoms with Crippen LogP contribution in [0.4, 0.5) is 0 Å². The molecule has 0 heterocycles. The Morgan fingerprint density at radius 2 is 1.14 bits per heavy atom. The summed E-state index contributed by atoms with van der Waals surface area (Å²) in [7, 11) is 0. The Balaban J connectivity index is 3.22. The number of carboxylic acids is 1. The van der Waals surface area contributed by atoms with Crippen molar-refractivity contribution in [1.29, 1.82) is 0 Å². The lowest BCUT2D eigenvalue weighted by atomic mass is 10.00. The van der Waals surface area contributed by atoms with Crippen LogP contribution in [-0.2, 0) is 9.59 Å². The summed E-state index contributed by atoms with van der Waals surface area (Å²) in [6.45, 7) is 3.72. The number of unbranched alkanes of at least 4 members (excludes halogenated alkanes) is 11. The summed E-state index contributed by atoms with van der Waals surface area (Å²) in [5, 5.41) is 8.72. The molecule has 3 nitrogen and oxygen atoms in total. The van der Waals surface area contributed by atoms with Crippen molar-refractivity contribution in [2.45, 2.75) is 97.3 Å². The number of aliphatic carboxylic acids is 1. The van der Waals surface area contributed by atoms with Crippen LogP contribution >= 0.6 is 0 Å². The molecule has 0 aliphatic carbocycles. The van der Waals surface area contributed by atoms with Crippen molar-refractivity contribution in [3.05, 3.63) is 0 Å². The van der Waals surface area contributed by atoms with Gasteiger partial charge in [-0.1, -0.05) is 77.6 Å². The molecule has 1 unspecified atom stereocenters. The fraction of sp³-hybridized carbons (Fsp3) is 0.889. The van der Waals surface area contributed by atoms with E-state index >= 15 is 0 Å². The average Bonchev–Trinajstić information content (AvgIpc) is 2.47. The van der Waals surface area contributed by atoms with Gasteiger partial charge in [0.2, 0.25) is 0 Å². The zero-order chi connectivity index (χ0) is 15.9. The van der Waals surface area contributed by atoms with Crippen LogP contribution in [0.1, 0.15) is 97.3 Å². The minimum Gasteiger partial charge on any atom is -0.481 e. The van der Waals surface area contributed by atoms with Crippen LogP contribution in [0.5, 0.6) is 0 Å². The van der Waals surface area contributed by atoms with Crippen LogP contribution in [0.2, 0.25) is 0 Å². The molecule has 0 aromatic carbocycles. The molecule has 1 N–H and O–H groups in total. The zero-order valence-corrected chi connectivity index (χ0v) is 14.0. The van der Waals surface area contributed by atoms with Crippen LogP contribution in [0, 0.1) is 5.92 Å². The first kappa shape index (κ1) is 20.1. The molecule has 0 aliphatic heterocycles. The number of hydrogen-bond acceptors (Lipinski definition) is 2. The molecule has 0 aromatic rings. The molecular weight excluding hydrogens is 264 g/mol. The third-order valence-electron chi connectivity index (χ3n) is 4.13. The van der Waals surface area contributed by atoms with Gasteiger partial charge in [0.15, 0.2) is 0 Å². The van der Waals surface area contributed by atoms with Crippen LogP contribution in [0.15, 0.2) is 0 Å². The highest BCUT2D eigenvalue weighted by Gasteiger charge is 2.19. The lowest BCUT2D eigenvalue weighted by molar-refractivity contribution is -0.145. The molecule has 21 heavy (non-hydrogen) atoms. The van der Waals surface area contributed by atoms with Gasteiger partial charge in [0, 0.05) is 6.42 Å². The molecule has 0 saturated heterocycles. The lowest BCUT2D eigenvalue weighted by Gasteiger charge is -2.05. The van der Waals surface area contributed by atoms with Crippen molar-refractivity contribution in [2.24, 2.45) is 5.92 Å². The minimum atomic E-state index is -1.00. The monoisotopic (exact) mass is 298 g/mol. The van der Waals surface area contributed by atoms with Gasteiger partial charge in [-0.2, -0.15) is 0 Å². The lowest BCUT2D eigenvalue weighted by Crippen LogP contribution is -2.20. The van der Waals surface area contributed by atoms with E-state index in [1.54, 1.807) is 0 Å². The Kier molecular flexibility index (Phi) is 13.5. The molecule has 0 saturated carbocycles. The van der Waals surface area contributed by atoms with Crippen molar-refractivity contribution < 1.29 is 14.7 Å². The maximum Gasteiger partial charge on any atom is 0.313 e. The summed E-state index contributed by atoms with van der Waals surface area (Å²) in [5.74, 6) is -1.97. The quantitative estimate of drug-likeness (QED) is 0.327. The zero-order valence-electron chi connectivity index (χ0n) is 14.0. The van der Waals surface area contributed by atoms with E-state index in [-0.39, 0.29) is 5.78 Å². The maximum atomic E-state index is 11.5. The highest BCUT2D eigenvalue weighted by Crippen LogP contribution is 2.13. The molecule has 0 rings (SSSR count). The van der Waals surface area contributed by atoms with Crippen LogP contribution in [0.3, 0.4) is 0 Å². The summed E-state index contributed by atoms with van der Waals surface area (Å²) in [6, 6.07) is 0. The highest BCUT2D eigenvalue weighted by molar-refractivity contribution is 5.97. The van der Waals surface area contributed by atoms with Gasteiger partial charge < -0.3 is 5.11 Å². The Bertz CT molecular complexity index is 274. The van der Waals surface area contributed by atoms with Crippen molar-refractivity contribution in [3.63, 3.8) is 0 Å². The van der Waals surface area contributed by atoms with E-state index in [1.807, 2.05) is 0 Å². The van der Waals surface area contributed by atoms with Gasteiger partial charge in [0.25, 0.3) is 0 Å². The summed E-state index contributed by atoms with van der Waals surface area (Å²) < 4.78 is 0. The Hall–Kier alpha value is -0.860. The topological polar surface area (TPSA) is 54.4 Å². The number of rotatable bonds is 15. The van der Waals surface area contributed by atoms with Crippen molar-refractivity contribution >= 4 is 11.8 Å². The molecule has 0 amide bonds. The van der Waals surface area contributed by atoms with Crippen molar-refractivity contribution in [3.8, 4) is 0 Å². The molecule has 0 radical (unpaired) electrons. The van der Waals surface area contributed by atoms with E-state index in [0.717, 1.165) is 12.8 Å². The van der Waals surface area contributed by atoms with Gasteiger partial charge in [-0.05, 0) is 13.3 Å². The molecule has 0 aliphatic rings. The summed E-state index contributed by atoms with van der Waals surface area (Å²) in [4.78, 5) is 22.1. The average molecular weight is 298 g/mol. The van der Waals surface area contributed by atoms with E-state index in [0.29, 0.717) is 6.42 Å². The first-order valence-corrected chi connectivity index (χ1v) is 8.85. The molecule has 1 atom stereocenters. The van der Waals surface area contributed by atoms with E-state index < -0.39 is 11.9 Å². The fourth-order valence-corrected chi connectivity index (χ4v) is 2.49. The molecule has 124 valence electrons. The van der Waals surface area contributed by atoms with E-state index in [1.165, 1.54) is 71.1 Å². The Morgan fingerprint density at radius 1 is 0.762 bits per heavy atom. The minimum absolute atomic E-state index is 0.130. The predicted octanol–water partition coefficient (Wildman–Crippen LogP) is 5.37. The standard InChI is InChI=1S/C18H34O3/c1-3-4-5-6-7-8-9-10-11-12-13-14-15-17(19)16(2)18(20)21/h16H,3-15H2,1-2H3,(H,20,21). The van der Waals surface area contributed by atoms with E-state index in [2.05, 4.69) is 6.92 Å². The Labute approximate surface area is 130 Å². The van der Waals surface area contributed by atoms with Gasteiger partial charge in [0.1, 0.15) is 11.7 Å². The van der Waals surface area contributed by atoms with Crippen molar-refractivity contribution in [1.82, 2.24) is 0 Å². The van der Waals surface area contributed by atoms with Gasteiger partial charge >= 0.3 is 5.97 Å². The highest BCUT2D eigenvalue weighted by atomic mass is 16.4. The van der Waals surface area contributed by atoms with E-state index in [9.17, 15) is 9.59 Å². The molecular formula is C18H34O3. The van der Waals surface area contributed by atoms with Gasteiger partial charge in [-0.15, -0.1) is 0 Å². The number of carbonyl (C=O) groups is 2. The number of carbonyl (C=O) groups excluding carboxylic acids is 1. The van der Waals surface area contributed by atoms with Crippen molar-refractivity contribution in [2.75, 3.05) is 0 Å². The summed E-state index contributed by atoms with van der Waals surface area (Å²) in [5.41, 5.74) is 0. The number of hydrogen-bond donors (Lipinski definition) is 1. The first-order chi connectivity index (χ1) is 10.1. The summed E-state index contributed by atoms with van der Waals surface area (Å²) in [6.07, 6.45) is 15.6. The third-order valence-corrected chi connectivity index (χ3v) is 4.13. The predicted molar refractivity (Wildman–Crippen MR) is 87.5 cm³/mol. The second kappa shape index (κ2) is 14.1. The van der Waals surface area contributed by atoms with Gasteiger partial charge in [-0.3, -0.25) is 9.59 Å². The first-order valence-electron chi connectivity index (χ1n) is 8.85. The molecule has 0 fully saturated rings. The number of Topliss-reactive ketones (excluding diaryl/α,β-unsaturated/α-hetero) is 1. The third kappa shape index (κ3) is 12.6. The number of carboxylic acid groups (broad SMARTS) is 1. The smallest absolute Gasteiger partial charge is 0.313 e. The largest absolute Gasteiger partial charge is 0.481 e.